The summed E-state index contributed by atoms with van der Waals surface area (Å²) >= 11 is 3.32. The van der Waals surface area contributed by atoms with E-state index >= 15 is 0 Å². The van der Waals surface area contributed by atoms with Gasteiger partial charge in [-0.2, -0.15) is 5.10 Å². The zero-order valence-corrected chi connectivity index (χ0v) is 13.8. The molecule has 0 bridgehead atoms. The van der Waals surface area contributed by atoms with E-state index < -0.39 is 5.97 Å². The van der Waals surface area contributed by atoms with Gasteiger partial charge in [-0.3, -0.25) is 0 Å². The molecule has 0 saturated heterocycles. The van der Waals surface area contributed by atoms with Crippen LogP contribution in [-0.2, 0) is 6.42 Å². The first-order valence-electron chi connectivity index (χ1n) is 6.89. The molecule has 0 aliphatic heterocycles. The number of nitrogens with two attached hydrogens (primary N) is 2. The van der Waals surface area contributed by atoms with E-state index in [2.05, 4.69) is 26.0 Å². The van der Waals surface area contributed by atoms with Crippen LogP contribution in [0.1, 0.15) is 23.1 Å². The highest BCUT2D eigenvalue weighted by atomic mass is 79.9. The highest BCUT2D eigenvalue weighted by molar-refractivity contribution is 9.10. The van der Waals surface area contributed by atoms with Gasteiger partial charge < -0.3 is 16.6 Å². The Balaban J connectivity index is 2.45. The van der Waals surface area contributed by atoms with Crippen molar-refractivity contribution in [2.45, 2.75) is 13.3 Å². The third-order valence-corrected chi connectivity index (χ3v) is 4.26. The lowest BCUT2D eigenvalue weighted by molar-refractivity contribution is 0.0696. The minimum Gasteiger partial charge on any atom is -0.478 e. The molecule has 0 amide bonds. The van der Waals surface area contributed by atoms with E-state index in [1.807, 2.05) is 6.92 Å². The quantitative estimate of drug-likeness (QED) is 0.605. The SMILES string of the molecule is CCc1nc(N)c2c(-c3ccc(N)cc3)c(C(=O)O)c(Br)n2n1. The average Bonchev–Trinajstić information content (AvgIpc) is 2.82. The molecule has 2 aromatic heterocycles. The van der Waals surface area contributed by atoms with E-state index in [-0.39, 0.29) is 11.4 Å². The number of rotatable bonds is 3. The number of aryl methyl sites for hydroxylation is 1. The monoisotopic (exact) mass is 375 g/mol. The van der Waals surface area contributed by atoms with Crippen LogP contribution in [0.2, 0.25) is 0 Å². The fourth-order valence-electron chi connectivity index (χ4n) is 2.47. The first-order valence-corrected chi connectivity index (χ1v) is 7.69. The van der Waals surface area contributed by atoms with Crippen molar-refractivity contribution in [3.8, 4) is 11.1 Å². The van der Waals surface area contributed by atoms with Gasteiger partial charge in [-0.05, 0) is 33.6 Å². The number of fused-ring (bicyclic) bond motifs is 1. The lowest BCUT2D eigenvalue weighted by Gasteiger charge is -2.06. The van der Waals surface area contributed by atoms with E-state index in [0.29, 0.717) is 39.2 Å². The van der Waals surface area contributed by atoms with E-state index in [0.717, 1.165) is 0 Å². The van der Waals surface area contributed by atoms with E-state index in [1.54, 1.807) is 24.3 Å². The van der Waals surface area contributed by atoms with Crippen LogP contribution in [-0.4, -0.2) is 25.7 Å². The van der Waals surface area contributed by atoms with Gasteiger partial charge in [-0.25, -0.2) is 14.3 Å². The fourth-order valence-corrected chi connectivity index (χ4v) is 3.09. The molecular weight excluding hydrogens is 362 g/mol. The second-order valence-electron chi connectivity index (χ2n) is 5.00. The Kier molecular flexibility index (Phi) is 3.69. The third-order valence-electron chi connectivity index (χ3n) is 3.53. The van der Waals surface area contributed by atoms with Crippen LogP contribution in [0.3, 0.4) is 0 Å². The zero-order valence-electron chi connectivity index (χ0n) is 12.2. The van der Waals surface area contributed by atoms with Gasteiger partial charge in [0, 0.05) is 17.7 Å². The molecule has 0 spiro atoms. The van der Waals surface area contributed by atoms with Gasteiger partial charge in [0.2, 0.25) is 0 Å². The number of anilines is 2. The number of aromatic nitrogens is 3. The lowest BCUT2D eigenvalue weighted by Crippen LogP contribution is -2.05. The van der Waals surface area contributed by atoms with Crippen molar-refractivity contribution >= 4 is 38.9 Å². The van der Waals surface area contributed by atoms with Crippen molar-refractivity contribution in [2.75, 3.05) is 11.5 Å². The summed E-state index contributed by atoms with van der Waals surface area (Å²) in [6.07, 6.45) is 0.588. The topological polar surface area (TPSA) is 120 Å². The molecular formula is C15H14BrN5O2. The Labute approximate surface area is 140 Å². The predicted octanol–water partition coefficient (Wildman–Crippen LogP) is 2.58. The summed E-state index contributed by atoms with van der Waals surface area (Å²) in [6, 6.07) is 6.90. The Hall–Kier alpha value is -2.61. The summed E-state index contributed by atoms with van der Waals surface area (Å²) in [4.78, 5) is 16.0. The molecule has 7 nitrogen and oxygen atoms in total. The smallest absolute Gasteiger partial charge is 0.339 e. The van der Waals surface area contributed by atoms with E-state index in [9.17, 15) is 9.90 Å². The second kappa shape index (κ2) is 5.54. The van der Waals surface area contributed by atoms with Crippen molar-refractivity contribution in [2.24, 2.45) is 0 Å². The molecule has 0 aliphatic rings. The summed E-state index contributed by atoms with van der Waals surface area (Å²) in [5.41, 5.74) is 14.1. The van der Waals surface area contributed by atoms with Gasteiger partial charge >= 0.3 is 5.97 Å². The summed E-state index contributed by atoms with van der Waals surface area (Å²) in [7, 11) is 0. The van der Waals surface area contributed by atoms with Crippen LogP contribution in [0, 0.1) is 0 Å². The number of halogens is 1. The molecule has 1 aromatic carbocycles. The molecule has 0 unspecified atom stereocenters. The highest BCUT2D eigenvalue weighted by Crippen LogP contribution is 2.38. The Morgan fingerprint density at radius 3 is 2.52 bits per heavy atom. The lowest BCUT2D eigenvalue weighted by atomic mass is 10.0. The Morgan fingerprint density at radius 1 is 1.30 bits per heavy atom. The molecule has 0 aliphatic carbocycles. The number of hydrogen-bond acceptors (Lipinski definition) is 5. The van der Waals surface area contributed by atoms with Crippen LogP contribution in [0.4, 0.5) is 11.5 Å². The molecule has 0 radical (unpaired) electrons. The molecule has 0 saturated carbocycles. The molecule has 3 rings (SSSR count). The molecule has 3 aromatic rings. The number of carboxylic acids is 1. The minimum atomic E-state index is -1.08. The van der Waals surface area contributed by atoms with Gasteiger partial charge in [0.25, 0.3) is 0 Å². The molecule has 0 fully saturated rings. The third kappa shape index (κ3) is 2.40. The van der Waals surface area contributed by atoms with Crippen molar-refractivity contribution in [3.63, 3.8) is 0 Å². The van der Waals surface area contributed by atoms with Crippen molar-refractivity contribution in [1.82, 2.24) is 14.6 Å². The van der Waals surface area contributed by atoms with Crippen LogP contribution >= 0.6 is 15.9 Å². The number of aromatic carboxylic acids is 1. The van der Waals surface area contributed by atoms with Crippen molar-refractivity contribution < 1.29 is 9.90 Å². The maximum Gasteiger partial charge on any atom is 0.339 e. The van der Waals surface area contributed by atoms with E-state index in [1.165, 1.54) is 4.52 Å². The Bertz CT molecular complexity index is 918. The number of carboxylic acid groups (broad SMARTS) is 1. The fraction of sp³-hybridized carbons (Fsp3) is 0.133. The van der Waals surface area contributed by atoms with Crippen LogP contribution in [0.25, 0.3) is 16.6 Å². The maximum absolute atomic E-state index is 11.8. The van der Waals surface area contributed by atoms with Crippen LogP contribution in [0.5, 0.6) is 0 Å². The van der Waals surface area contributed by atoms with Crippen LogP contribution < -0.4 is 11.5 Å². The number of nitrogens with zero attached hydrogens (tertiary/aromatic N) is 3. The Morgan fingerprint density at radius 2 is 1.96 bits per heavy atom. The first kappa shape index (κ1) is 15.3. The second-order valence-corrected chi connectivity index (χ2v) is 5.75. The molecule has 23 heavy (non-hydrogen) atoms. The summed E-state index contributed by atoms with van der Waals surface area (Å²) < 4.78 is 1.81. The number of nitrogen functional groups attached to an aromatic ring is 2. The van der Waals surface area contributed by atoms with Gasteiger partial charge in [0.05, 0.1) is 0 Å². The van der Waals surface area contributed by atoms with Crippen molar-refractivity contribution in [3.05, 3.63) is 40.3 Å². The van der Waals surface area contributed by atoms with Crippen molar-refractivity contribution in [1.29, 1.82) is 0 Å². The number of carbonyl (C=O) groups is 1. The van der Waals surface area contributed by atoms with Gasteiger partial charge in [0.15, 0.2) is 11.6 Å². The average molecular weight is 376 g/mol. The van der Waals surface area contributed by atoms with Gasteiger partial charge in [-0.1, -0.05) is 19.1 Å². The minimum absolute atomic E-state index is 0.0871. The van der Waals surface area contributed by atoms with Gasteiger partial charge in [0.1, 0.15) is 15.7 Å². The number of hydrogen-bond donors (Lipinski definition) is 3. The molecule has 0 atom stereocenters. The number of benzene rings is 1. The summed E-state index contributed by atoms with van der Waals surface area (Å²) in [5, 5.41) is 14.0. The van der Waals surface area contributed by atoms with Gasteiger partial charge in [-0.15, -0.1) is 0 Å². The largest absolute Gasteiger partial charge is 0.478 e. The van der Waals surface area contributed by atoms with E-state index in [4.69, 9.17) is 11.5 Å². The van der Waals surface area contributed by atoms with Crippen LogP contribution in [0.15, 0.2) is 28.9 Å². The normalized spacial score (nSPS) is 11.0. The summed E-state index contributed by atoms with van der Waals surface area (Å²) in [5.74, 6) is -0.310. The molecule has 5 N–H and O–H groups in total. The molecule has 118 valence electrons. The summed E-state index contributed by atoms with van der Waals surface area (Å²) in [6.45, 7) is 1.90. The predicted molar refractivity (Wildman–Crippen MR) is 91.3 cm³/mol. The molecule has 8 heteroatoms. The first-order chi connectivity index (χ1) is 10.9. The standard InChI is InChI=1S/C15H14BrN5O2/c1-2-9-19-14(18)12-10(7-3-5-8(17)6-4-7)11(15(22)23)13(16)21(12)20-9/h3-6H,2,17H2,1H3,(H,22,23)(H2,18,19,20). The zero-order chi connectivity index (χ0) is 16.7. The highest BCUT2D eigenvalue weighted by Gasteiger charge is 2.26. The maximum atomic E-state index is 11.8. The molecule has 2 heterocycles.